The van der Waals surface area contributed by atoms with Gasteiger partial charge in [0.25, 0.3) is 0 Å². The second-order valence-corrected chi connectivity index (χ2v) is 7.18. The molecule has 0 saturated carbocycles. The SMILES string of the molecule is CCn1nc(C)c(CNc2ccc(Cl)c(CS(C)=O)c2)c1C. The number of nitrogens with one attached hydrogen (secondary N) is 1. The highest BCUT2D eigenvalue weighted by Crippen LogP contribution is 2.23. The first-order valence-corrected chi connectivity index (χ1v) is 9.38. The van der Waals surface area contributed by atoms with Crippen LogP contribution in [0.3, 0.4) is 0 Å². The van der Waals surface area contributed by atoms with Gasteiger partial charge in [0.05, 0.1) is 5.69 Å². The Bertz CT molecular complexity index is 697. The number of hydrogen-bond donors (Lipinski definition) is 1. The Hall–Kier alpha value is -1.33. The molecule has 1 N–H and O–H groups in total. The number of rotatable bonds is 6. The minimum absolute atomic E-state index is 0.472. The van der Waals surface area contributed by atoms with Crippen molar-refractivity contribution in [1.82, 2.24) is 9.78 Å². The molecule has 0 aliphatic heterocycles. The van der Waals surface area contributed by atoms with Crippen LogP contribution in [0.4, 0.5) is 5.69 Å². The van der Waals surface area contributed by atoms with Crippen molar-refractivity contribution in [2.24, 2.45) is 0 Å². The van der Waals surface area contributed by atoms with E-state index in [0.29, 0.717) is 17.3 Å². The van der Waals surface area contributed by atoms with Gasteiger partial charge < -0.3 is 5.32 Å². The first-order chi connectivity index (χ1) is 10.4. The van der Waals surface area contributed by atoms with Crippen molar-refractivity contribution < 1.29 is 4.21 Å². The molecule has 0 spiro atoms. The topological polar surface area (TPSA) is 46.9 Å². The van der Waals surface area contributed by atoms with Gasteiger partial charge in [-0.3, -0.25) is 8.89 Å². The van der Waals surface area contributed by atoms with E-state index in [1.807, 2.05) is 29.8 Å². The average Bonchev–Trinajstić information content (AvgIpc) is 2.74. The van der Waals surface area contributed by atoms with E-state index in [2.05, 4.69) is 24.3 Å². The van der Waals surface area contributed by atoms with Crippen LogP contribution < -0.4 is 5.32 Å². The molecular weight excluding hydrogens is 318 g/mol. The lowest BCUT2D eigenvalue weighted by Crippen LogP contribution is -2.04. The van der Waals surface area contributed by atoms with Gasteiger partial charge in [0, 0.05) is 57.9 Å². The van der Waals surface area contributed by atoms with Crippen molar-refractivity contribution in [2.45, 2.75) is 39.6 Å². The smallest absolute Gasteiger partial charge is 0.0646 e. The van der Waals surface area contributed by atoms with Crippen molar-refractivity contribution in [3.05, 3.63) is 45.7 Å². The second kappa shape index (κ2) is 7.29. The predicted octanol–water partition coefficient (Wildman–Crippen LogP) is 3.66. The first-order valence-electron chi connectivity index (χ1n) is 7.27. The van der Waals surface area contributed by atoms with E-state index >= 15 is 0 Å². The van der Waals surface area contributed by atoms with Crippen LogP contribution in [0.25, 0.3) is 0 Å². The van der Waals surface area contributed by atoms with E-state index in [9.17, 15) is 4.21 Å². The number of aromatic nitrogens is 2. The maximum absolute atomic E-state index is 11.4. The van der Waals surface area contributed by atoms with Gasteiger partial charge in [0.2, 0.25) is 0 Å². The van der Waals surface area contributed by atoms with Crippen LogP contribution in [0.15, 0.2) is 18.2 Å². The lowest BCUT2D eigenvalue weighted by molar-refractivity contribution is 0.633. The Kier molecular flexibility index (Phi) is 5.64. The molecule has 1 aromatic carbocycles. The summed E-state index contributed by atoms with van der Waals surface area (Å²) < 4.78 is 13.4. The summed E-state index contributed by atoms with van der Waals surface area (Å²) in [7, 11) is -0.906. The van der Waals surface area contributed by atoms with Crippen molar-refractivity contribution in [3.8, 4) is 0 Å². The number of benzene rings is 1. The second-order valence-electron chi connectivity index (χ2n) is 5.34. The van der Waals surface area contributed by atoms with E-state index < -0.39 is 10.8 Å². The minimum atomic E-state index is -0.906. The van der Waals surface area contributed by atoms with E-state index in [4.69, 9.17) is 11.6 Å². The number of halogens is 1. The summed E-state index contributed by atoms with van der Waals surface area (Å²) in [5.41, 5.74) is 5.35. The van der Waals surface area contributed by atoms with Crippen LogP contribution in [-0.2, 0) is 29.6 Å². The zero-order valence-corrected chi connectivity index (χ0v) is 15.0. The standard InChI is InChI=1S/C16H22ClN3OS/c1-5-20-12(3)15(11(2)19-20)9-18-14-6-7-16(17)13(8-14)10-22(4)21/h6-8,18H,5,9-10H2,1-4H3. The number of nitrogens with zero attached hydrogens (tertiary/aromatic N) is 2. The molecule has 1 atom stereocenters. The molecule has 2 aromatic rings. The summed E-state index contributed by atoms with van der Waals surface area (Å²) in [5.74, 6) is 0.472. The summed E-state index contributed by atoms with van der Waals surface area (Å²) in [6.07, 6.45) is 1.68. The van der Waals surface area contributed by atoms with Gasteiger partial charge in [0.1, 0.15) is 0 Å². The Balaban J connectivity index is 2.15. The van der Waals surface area contributed by atoms with E-state index in [1.54, 1.807) is 6.26 Å². The lowest BCUT2D eigenvalue weighted by atomic mass is 10.1. The molecule has 1 unspecified atom stereocenters. The molecule has 0 saturated heterocycles. The monoisotopic (exact) mass is 339 g/mol. The van der Waals surface area contributed by atoms with Crippen LogP contribution >= 0.6 is 11.6 Å². The minimum Gasteiger partial charge on any atom is -0.381 e. The zero-order valence-electron chi connectivity index (χ0n) is 13.4. The van der Waals surface area contributed by atoms with Gasteiger partial charge in [-0.15, -0.1) is 0 Å². The molecule has 6 heteroatoms. The number of anilines is 1. The molecule has 0 bridgehead atoms. The van der Waals surface area contributed by atoms with Crippen molar-refractivity contribution in [1.29, 1.82) is 0 Å². The normalized spacial score (nSPS) is 12.4. The van der Waals surface area contributed by atoms with Crippen LogP contribution in [-0.4, -0.2) is 20.2 Å². The van der Waals surface area contributed by atoms with Crippen LogP contribution in [0.1, 0.15) is 29.4 Å². The number of hydrogen-bond acceptors (Lipinski definition) is 3. The van der Waals surface area contributed by atoms with Crippen molar-refractivity contribution >= 4 is 28.1 Å². The highest BCUT2D eigenvalue weighted by molar-refractivity contribution is 7.83. The Labute approximate surface area is 139 Å². The summed E-state index contributed by atoms with van der Waals surface area (Å²) in [4.78, 5) is 0. The number of aryl methyl sites for hydroxylation is 2. The van der Waals surface area contributed by atoms with Crippen molar-refractivity contribution in [2.75, 3.05) is 11.6 Å². The van der Waals surface area contributed by atoms with E-state index in [0.717, 1.165) is 23.5 Å². The largest absolute Gasteiger partial charge is 0.381 e. The zero-order chi connectivity index (χ0) is 16.3. The molecule has 120 valence electrons. The molecule has 1 aromatic heterocycles. The third-order valence-electron chi connectivity index (χ3n) is 3.70. The molecule has 4 nitrogen and oxygen atoms in total. The molecule has 0 fully saturated rings. The van der Waals surface area contributed by atoms with E-state index in [-0.39, 0.29) is 0 Å². The summed E-state index contributed by atoms with van der Waals surface area (Å²) in [5, 5.41) is 8.60. The Morgan fingerprint density at radius 1 is 1.36 bits per heavy atom. The van der Waals surface area contributed by atoms with Gasteiger partial charge in [-0.2, -0.15) is 5.10 Å². The lowest BCUT2D eigenvalue weighted by Gasteiger charge is -2.10. The molecule has 0 aliphatic carbocycles. The Morgan fingerprint density at radius 2 is 2.09 bits per heavy atom. The van der Waals surface area contributed by atoms with Gasteiger partial charge in [0.15, 0.2) is 0 Å². The fourth-order valence-corrected chi connectivity index (χ4v) is 3.44. The Morgan fingerprint density at radius 3 is 2.68 bits per heavy atom. The molecule has 22 heavy (non-hydrogen) atoms. The van der Waals surface area contributed by atoms with Gasteiger partial charge >= 0.3 is 0 Å². The molecule has 0 amide bonds. The maximum atomic E-state index is 11.4. The third-order valence-corrected chi connectivity index (χ3v) is 4.79. The first kappa shape index (κ1) is 17.0. The van der Waals surface area contributed by atoms with Gasteiger partial charge in [-0.05, 0) is 44.5 Å². The summed E-state index contributed by atoms with van der Waals surface area (Å²) >= 11 is 6.15. The average molecular weight is 340 g/mol. The van der Waals surface area contributed by atoms with Crippen LogP contribution in [0.5, 0.6) is 0 Å². The predicted molar refractivity (Wildman–Crippen MR) is 93.9 cm³/mol. The van der Waals surface area contributed by atoms with Crippen LogP contribution in [0.2, 0.25) is 5.02 Å². The summed E-state index contributed by atoms with van der Waals surface area (Å²) in [6, 6.07) is 5.76. The van der Waals surface area contributed by atoms with Gasteiger partial charge in [-0.25, -0.2) is 0 Å². The molecule has 0 aliphatic rings. The van der Waals surface area contributed by atoms with Crippen LogP contribution in [0, 0.1) is 13.8 Å². The quantitative estimate of drug-likeness (QED) is 0.873. The van der Waals surface area contributed by atoms with Gasteiger partial charge in [-0.1, -0.05) is 11.6 Å². The molecule has 0 radical (unpaired) electrons. The maximum Gasteiger partial charge on any atom is 0.0646 e. The fraction of sp³-hybridized carbons (Fsp3) is 0.438. The summed E-state index contributed by atoms with van der Waals surface area (Å²) in [6.45, 7) is 7.80. The third kappa shape index (κ3) is 3.90. The fourth-order valence-electron chi connectivity index (χ4n) is 2.50. The highest BCUT2D eigenvalue weighted by atomic mass is 35.5. The highest BCUT2D eigenvalue weighted by Gasteiger charge is 2.10. The molecule has 2 rings (SSSR count). The van der Waals surface area contributed by atoms with Crippen molar-refractivity contribution in [3.63, 3.8) is 0 Å². The molecular formula is C16H22ClN3OS. The molecule has 1 heterocycles. The van der Waals surface area contributed by atoms with E-state index in [1.165, 1.54) is 11.3 Å².